The van der Waals surface area contributed by atoms with Crippen molar-refractivity contribution in [3.8, 4) is 0 Å². The summed E-state index contributed by atoms with van der Waals surface area (Å²) < 4.78 is 27.0. The van der Waals surface area contributed by atoms with Gasteiger partial charge in [-0.3, -0.25) is 4.79 Å². The van der Waals surface area contributed by atoms with Crippen LogP contribution in [0.2, 0.25) is 0 Å². The lowest BCUT2D eigenvalue weighted by atomic mass is 9.95. The molecule has 2 N–H and O–H groups in total. The molecular formula is C11H12BrF2NO. The number of halogens is 3. The largest absolute Gasteiger partial charge is 0.321 e. The van der Waals surface area contributed by atoms with Crippen LogP contribution in [0.1, 0.15) is 24.2 Å². The lowest BCUT2D eigenvalue weighted by molar-refractivity contribution is 0.0932. The van der Waals surface area contributed by atoms with Crippen LogP contribution in [0.5, 0.6) is 0 Å². The van der Waals surface area contributed by atoms with Crippen LogP contribution >= 0.6 is 15.9 Å². The molecule has 1 atom stereocenters. The second kappa shape index (κ2) is 5.01. The zero-order chi connectivity index (χ0) is 12.5. The van der Waals surface area contributed by atoms with Crippen molar-refractivity contribution in [2.75, 3.05) is 0 Å². The summed E-state index contributed by atoms with van der Waals surface area (Å²) in [4.78, 5) is 11.8. The van der Waals surface area contributed by atoms with Gasteiger partial charge in [0.2, 0.25) is 0 Å². The Morgan fingerprint density at radius 2 is 1.94 bits per heavy atom. The molecule has 1 rings (SSSR count). The van der Waals surface area contributed by atoms with Crippen LogP contribution in [0.25, 0.3) is 0 Å². The van der Waals surface area contributed by atoms with Crippen molar-refractivity contribution < 1.29 is 13.6 Å². The molecule has 0 radical (unpaired) electrons. The summed E-state index contributed by atoms with van der Waals surface area (Å²) in [7, 11) is 0. The summed E-state index contributed by atoms with van der Waals surface area (Å²) >= 11 is 2.90. The van der Waals surface area contributed by atoms with Crippen molar-refractivity contribution in [1.82, 2.24) is 0 Å². The Balaban J connectivity index is 3.23. The number of carbonyl (C=O) groups is 1. The smallest absolute Gasteiger partial charge is 0.185 e. The number of ketones is 1. The molecule has 0 aliphatic heterocycles. The molecule has 1 aromatic carbocycles. The van der Waals surface area contributed by atoms with Crippen LogP contribution in [-0.4, -0.2) is 11.8 Å². The maximum Gasteiger partial charge on any atom is 0.185 e. The number of nitrogens with two attached hydrogens (primary N) is 1. The van der Waals surface area contributed by atoms with Gasteiger partial charge in [-0.25, -0.2) is 8.78 Å². The first kappa shape index (κ1) is 13.3. The molecule has 1 unspecified atom stereocenters. The molecule has 0 spiro atoms. The minimum atomic E-state index is -0.904. The monoisotopic (exact) mass is 291 g/mol. The maximum atomic E-state index is 13.6. The molecule has 0 fully saturated rings. The maximum absolute atomic E-state index is 13.6. The average molecular weight is 292 g/mol. The summed E-state index contributed by atoms with van der Waals surface area (Å²) in [5, 5.41) is 0. The number of hydrogen-bond donors (Lipinski definition) is 1. The number of Topliss-reactive ketones (excluding diaryl/α,β-unsaturated/α-hetero) is 1. The minimum Gasteiger partial charge on any atom is -0.321 e. The van der Waals surface area contributed by atoms with Crippen molar-refractivity contribution in [2.24, 2.45) is 11.7 Å². The second-order valence-corrected chi connectivity index (χ2v) is 4.71. The highest BCUT2D eigenvalue weighted by molar-refractivity contribution is 9.10. The SMILES string of the molecule is CC(C)C(N)C(=O)c1c(F)ccc(Br)c1F. The van der Waals surface area contributed by atoms with Gasteiger partial charge in [0.05, 0.1) is 16.1 Å². The van der Waals surface area contributed by atoms with Gasteiger partial charge in [0, 0.05) is 0 Å². The van der Waals surface area contributed by atoms with E-state index >= 15 is 0 Å². The van der Waals surface area contributed by atoms with E-state index < -0.39 is 29.0 Å². The first-order valence-corrected chi connectivity index (χ1v) is 5.58. The molecule has 1 aromatic rings. The molecule has 0 saturated carbocycles. The van der Waals surface area contributed by atoms with E-state index in [2.05, 4.69) is 15.9 Å². The first-order chi connectivity index (χ1) is 7.36. The Morgan fingerprint density at radius 1 is 1.38 bits per heavy atom. The molecule has 88 valence electrons. The van der Waals surface area contributed by atoms with Crippen LogP contribution in [0.15, 0.2) is 16.6 Å². The fourth-order valence-corrected chi connectivity index (χ4v) is 1.55. The fourth-order valence-electron chi connectivity index (χ4n) is 1.22. The van der Waals surface area contributed by atoms with E-state index in [-0.39, 0.29) is 10.4 Å². The van der Waals surface area contributed by atoms with E-state index in [1.165, 1.54) is 6.07 Å². The summed E-state index contributed by atoms with van der Waals surface area (Å²) in [6.07, 6.45) is 0. The first-order valence-electron chi connectivity index (χ1n) is 4.79. The number of hydrogen-bond acceptors (Lipinski definition) is 2. The Morgan fingerprint density at radius 3 is 2.44 bits per heavy atom. The highest BCUT2D eigenvalue weighted by Crippen LogP contribution is 2.23. The third-order valence-electron chi connectivity index (χ3n) is 2.31. The third-order valence-corrected chi connectivity index (χ3v) is 2.92. The molecule has 2 nitrogen and oxygen atoms in total. The molecule has 0 saturated heterocycles. The third kappa shape index (κ3) is 2.47. The Hall–Kier alpha value is -0.810. The van der Waals surface area contributed by atoms with Gasteiger partial charge in [0.1, 0.15) is 5.82 Å². The number of rotatable bonds is 3. The number of carbonyl (C=O) groups excluding carboxylic acids is 1. The van der Waals surface area contributed by atoms with Gasteiger partial charge in [-0.2, -0.15) is 0 Å². The van der Waals surface area contributed by atoms with Crippen LogP contribution in [-0.2, 0) is 0 Å². The molecular weight excluding hydrogens is 280 g/mol. The van der Waals surface area contributed by atoms with Gasteiger partial charge in [-0.1, -0.05) is 13.8 Å². The normalized spacial score (nSPS) is 12.9. The lowest BCUT2D eigenvalue weighted by Crippen LogP contribution is -2.36. The van der Waals surface area contributed by atoms with Gasteiger partial charge < -0.3 is 5.73 Å². The Labute approximate surface area is 101 Å². The average Bonchev–Trinajstić information content (AvgIpc) is 2.22. The van der Waals surface area contributed by atoms with Crippen LogP contribution in [0.4, 0.5) is 8.78 Å². The van der Waals surface area contributed by atoms with Gasteiger partial charge >= 0.3 is 0 Å². The fraction of sp³-hybridized carbons (Fsp3) is 0.364. The van der Waals surface area contributed by atoms with Gasteiger partial charge in [-0.05, 0) is 34.0 Å². The highest BCUT2D eigenvalue weighted by Gasteiger charge is 2.26. The summed E-state index contributed by atoms with van der Waals surface area (Å²) in [5.41, 5.74) is 5.01. The van der Waals surface area contributed by atoms with Crippen molar-refractivity contribution in [3.05, 3.63) is 33.8 Å². The molecule has 0 bridgehead atoms. The Bertz CT molecular complexity index is 421. The van der Waals surface area contributed by atoms with E-state index in [1.54, 1.807) is 13.8 Å². The predicted octanol–water partition coefficient (Wildman–Crippen LogP) is 2.89. The van der Waals surface area contributed by atoms with Crippen molar-refractivity contribution in [1.29, 1.82) is 0 Å². The molecule has 0 amide bonds. The van der Waals surface area contributed by atoms with Crippen LogP contribution in [0.3, 0.4) is 0 Å². The molecule has 0 aliphatic carbocycles. The zero-order valence-electron chi connectivity index (χ0n) is 8.93. The standard InChI is InChI=1S/C11H12BrF2NO/c1-5(2)10(15)11(16)8-7(13)4-3-6(12)9(8)14/h3-5,10H,15H2,1-2H3. The topological polar surface area (TPSA) is 43.1 Å². The van der Waals surface area contributed by atoms with Crippen molar-refractivity contribution in [2.45, 2.75) is 19.9 Å². The van der Waals surface area contributed by atoms with E-state index in [1.807, 2.05) is 0 Å². The van der Waals surface area contributed by atoms with Gasteiger partial charge in [-0.15, -0.1) is 0 Å². The Kier molecular flexibility index (Phi) is 4.15. The molecule has 5 heteroatoms. The summed E-state index contributed by atoms with van der Waals surface area (Å²) in [6.45, 7) is 3.44. The van der Waals surface area contributed by atoms with Gasteiger partial charge in [0.15, 0.2) is 11.6 Å². The van der Waals surface area contributed by atoms with Crippen LogP contribution < -0.4 is 5.73 Å². The quantitative estimate of drug-likeness (QED) is 0.687. The number of benzene rings is 1. The van der Waals surface area contributed by atoms with E-state index in [9.17, 15) is 13.6 Å². The van der Waals surface area contributed by atoms with Crippen LogP contribution in [0, 0.1) is 17.6 Å². The lowest BCUT2D eigenvalue weighted by Gasteiger charge is -2.15. The second-order valence-electron chi connectivity index (χ2n) is 3.85. The summed E-state index contributed by atoms with van der Waals surface area (Å²) in [5.74, 6) is -2.68. The molecule has 0 aliphatic rings. The van der Waals surface area contributed by atoms with E-state index in [0.717, 1.165) is 6.07 Å². The summed E-state index contributed by atoms with van der Waals surface area (Å²) in [6, 6.07) is 1.34. The predicted molar refractivity (Wildman–Crippen MR) is 61.2 cm³/mol. The van der Waals surface area contributed by atoms with Gasteiger partial charge in [0.25, 0.3) is 0 Å². The van der Waals surface area contributed by atoms with Crippen molar-refractivity contribution >= 4 is 21.7 Å². The minimum absolute atomic E-state index is 0.0493. The van der Waals surface area contributed by atoms with Crippen molar-refractivity contribution in [3.63, 3.8) is 0 Å². The zero-order valence-corrected chi connectivity index (χ0v) is 10.5. The molecule has 0 aromatic heterocycles. The van der Waals surface area contributed by atoms with E-state index in [4.69, 9.17) is 5.73 Å². The molecule has 16 heavy (non-hydrogen) atoms. The van der Waals surface area contributed by atoms with E-state index in [0.29, 0.717) is 0 Å². The molecule has 0 heterocycles. The highest BCUT2D eigenvalue weighted by atomic mass is 79.9.